The molecule has 0 bridgehead atoms. The molecule has 5 aliphatic carbocycles. The van der Waals surface area contributed by atoms with Crippen molar-refractivity contribution in [3.8, 4) is 6.07 Å². The Bertz CT molecular complexity index is 1870. The van der Waals surface area contributed by atoms with Crippen LogP contribution in [0, 0.1) is 67.5 Å². The quantitative estimate of drug-likeness (QED) is 0.285. The van der Waals surface area contributed by atoms with Gasteiger partial charge in [-0.25, -0.2) is 0 Å². The third-order valence-electron chi connectivity index (χ3n) is 16.8. The molecule has 0 spiro atoms. The summed E-state index contributed by atoms with van der Waals surface area (Å²) in [7, 11) is 0. The second kappa shape index (κ2) is 13.1. The van der Waals surface area contributed by atoms with E-state index in [1.54, 1.807) is 0 Å². The second-order valence-corrected chi connectivity index (χ2v) is 20.3. The number of carbonyl (C=O) groups is 2. The molecule has 5 fully saturated rings. The van der Waals surface area contributed by atoms with Gasteiger partial charge in [0.25, 0.3) is 0 Å². The Hall–Kier alpha value is -3.43. The summed E-state index contributed by atoms with van der Waals surface area (Å²) in [6.07, 6.45) is 8.18. The first-order chi connectivity index (χ1) is 25.6. The van der Waals surface area contributed by atoms with Gasteiger partial charge in [0, 0.05) is 24.2 Å². The lowest BCUT2D eigenvalue weighted by molar-refractivity contribution is -0.193. The summed E-state index contributed by atoms with van der Waals surface area (Å²) in [5.41, 5.74) is 5.06. The molecular formula is C48H62N2O4. The lowest BCUT2D eigenvalue weighted by Gasteiger charge is -2.71. The summed E-state index contributed by atoms with van der Waals surface area (Å²) < 4.78 is 12.0. The summed E-state index contributed by atoms with van der Waals surface area (Å²) in [4.78, 5) is 31.1. The molecule has 8 atom stereocenters. The highest BCUT2D eigenvalue weighted by atomic mass is 16.5. The van der Waals surface area contributed by atoms with Gasteiger partial charge in [0.2, 0.25) is 0 Å². The lowest BCUT2D eigenvalue weighted by Crippen LogP contribution is -2.66. The molecule has 1 saturated heterocycles. The van der Waals surface area contributed by atoms with E-state index in [2.05, 4.69) is 83.7 Å². The van der Waals surface area contributed by atoms with Gasteiger partial charge in [0.15, 0.2) is 5.78 Å². The van der Waals surface area contributed by atoms with E-state index in [0.717, 1.165) is 83.2 Å². The molecule has 4 saturated carbocycles. The smallest absolute Gasteiger partial charge is 0.313 e. The van der Waals surface area contributed by atoms with Crippen molar-refractivity contribution >= 4 is 23.0 Å². The minimum atomic E-state index is -0.574. The predicted octanol–water partition coefficient (Wildman–Crippen LogP) is 10.2. The number of hydrogen-bond acceptors (Lipinski definition) is 6. The Morgan fingerprint density at radius 2 is 1.56 bits per heavy atom. The standard InChI is InChI=1S/C48H62N2O4/c1-43(2)19-21-48(42(52)54-31-32-11-9-8-10-12-32)22-20-47(7)40(37(48)29-43)36(33-13-15-35(16-14-33)50-23-25-53-26-24-50)27-39-45(5)28-34(30-49)41(51)44(3,4)38(45)17-18-46(39,47)6/h8-16,34,37-39H,17-29,31H2,1-7H3/t34?,37?,38?,39?,45-,46+,47+,48-/m0/s1. The number of nitriles is 1. The number of carbonyl (C=O) groups excluding carboxylic acids is 2. The zero-order chi connectivity index (χ0) is 38.3. The molecule has 0 N–H and O–H groups in total. The van der Waals surface area contributed by atoms with E-state index in [9.17, 15) is 14.9 Å². The van der Waals surface area contributed by atoms with Gasteiger partial charge < -0.3 is 14.4 Å². The lowest BCUT2D eigenvalue weighted by atomic mass is 9.32. The number of ketones is 1. The summed E-state index contributed by atoms with van der Waals surface area (Å²) in [5.74, 6) is 0.139. The molecule has 0 radical (unpaired) electrons. The molecule has 6 nitrogen and oxygen atoms in total. The average molecular weight is 731 g/mol. The van der Waals surface area contributed by atoms with Gasteiger partial charge in [-0.3, -0.25) is 9.59 Å². The van der Waals surface area contributed by atoms with Crippen LogP contribution in [0.2, 0.25) is 0 Å². The van der Waals surface area contributed by atoms with Crippen LogP contribution in [0.4, 0.5) is 5.69 Å². The third-order valence-corrected chi connectivity index (χ3v) is 16.8. The highest BCUT2D eigenvalue weighted by molar-refractivity contribution is 5.90. The van der Waals surface area contributed by atoms with Gasteiger partial charge in [-0.15, -0.1) is 0 Å². The van der Waals surface area contributed by atoms with E-state index in [4.69, 9.17) is 9.47 Å². The number of benzene rings is 2. The van der Waals surface area contributed by atoms with Crippen LogP contribution < -0.4 is 4.90 Å². The summed E-state index contributed by atoms with van der Waals surface area (Å²) in [6.45, 7) is 20.2. The first-order valence-corrected chi connectivity index (χ1v) is 20.9. The van der Waals surface area contributed by atoms with Gasteiger partial charge in [0.1, 0.15) is 12.5 Å². The van der Waals surface area contributed by atoms with Crippen LogP contribution in [0.5, 0.6) is 0 Å². The topological polar surface area (TPSA) is 79.6 Å². The molecule has 0 amide bonds. The number of rotatable bonds is 5. The van der Waals surface area contributed by atoms with Crippen LogP contribution in [0.1, 0.15) is 117 Å². The highest BCUT2D eigenvalue weighted by Crippen LogP contribution is 2.77. The highest BCUT2D eigenvalue weighted by Gasteiger charge is 2.71. The number of ether oxygens (including phenoxy) is 2. The molecule has 1 heterocycles. The van der Waals surface area contributed by atoms with Crippen molar-refractivity contribution in [2.24, 2.45) is 56.2 Å². The number of anilines is 1. The van der Waals surface area contributed by atoms with Gasteiger partial charge in [0.05, 0.1) is 24.7 Å². The molecule has 2 aromatic rings. The van der Waals surface area contributed by atoms with Crippen molar-refractivity contribution in [3.63, 3.8) is 0 Å². The monoisotopic (exact) mass is 730 g/mol. The number of Topliss-reactive ketones (excluding diaryl/α,β-unsaturated/α-hetero) is 1. The molecule has 4 unspecified atom stereocenters. The molecule has 8 rings (SSSR count). The molecule has 0 aromatic heterocycles. The number of esters is 1. The SMILES string of the molecule is CC1(C)CC[C@]2(C(=O)OCc3ccccc3)CC[C@]3(C)C(=C(c4ccc(N5CCOCC5)cc4)CC4[C@@]5(C)CC(C#N)C(=O)C(C)(C)C5CC[C@]43C)C2C1. The molecule has 54 heavy (non-hydrogen) atoms. The van der Waals surface area contributed by atoms with Crippen LogP contribution in [0.25, 0.3) is 5.57 Å². The van der Waals surface area contributed by atoms with E-state index < -0.39 is 16.7 Å². The molecule has 2 aromatic carbocycles. The maximum absolute atomic E-state index is 14.8. The minimum absolute atomic E-state index is 0.0178. The van der Waals surface area contributed by atoms with Crippen molar-refractivity contribution in [2.75, 3.05) is 31.2 Å². The minimum Gasteiger partial charge on any atom is -0.460 e. The first kappa shape index (κ1) is 37.5. The van der Waals surface area contributed by atoms with E-state index in [1.807, 2.05) is 30.3 Å². The number of morpholine rings is 1. The van der Waals surface area contributed by atoms with Gasteiger partial charge >= 0.3 is 5.97 Å². The Morgan fingerprint density at radius 1 is 0.870 bits per heavy atom. The van der Waals surface area contributed by atoms with E-state index >= 15 is 0 Å². The fraction of sp³-hybridized carbons (Fsp3) is 0.646. The van der Waals surface area contributed by atoms with Crippen molar-refractivity contribution in [3.05, 3.63) is 71.3 Å². The average Bonchev–Trinajstić information content (AvgIpc) is 3.16. The summed E-state index contributed by atoms with van der Waals surface area (Å²) in [6, 6.07) is 21.9. The Balaban J connectivity index is 1.29. The number of allylic oxidation sites excluding steroid dienone is 2. The number of fused-ring (bicyclic) bond motifs is 7. The second-order valence-electron chi connectivity index (χ2n) is 20.3. The van der Waals surface area contributed by atoms with Crippen LogP contribution in [0.3, 0.4) is 0 Å². The van der Waals surface area contributed by atoms with E-state index in [0.29, 0.717) is 18.9 Å². The summed E-state index contributed by atoms with van der Waals surface area (Å²) >= 11 is 0. The summed E-state index contributed by atoms with van der Waals surface area (Å²) in [5, 5.41) is 10.4. The van der Waals surface area contributed by atoms with Crippen LogP contribution in [-0.4, -0.2) is 38.1 Å². The molecule has 6 heteroatoms. The van der Waals surface area contributed by atoms with Crippen molar-refractivity contribution in [1.82, 2.24) is 0 Å². The Morgan fingerprint density at radius 3 is 2.24 bits per heavy atom. The fourth-order valence-corrected chi connectivity index (χ4v) is 13.7. The molecule has 288 valence electrons. The Kier molecular flexibility index (Phi) is 9.08. The molecule has 6 aliphatic rings. The van der Waals surface area contributed by atoms with Gasteiger partial charge in [-0.05, 0) is 126 Å². The van der Waals surface area contributed by atoms with Crippen LogP contribution >= 0.6 is 0 Å². The largest absolute Gasteiger partial charge is 0.460 e. The predicted molar refractivity (Wildman–Crippen MR) is 213 cm³/mol. The number of hydrogen-bond donors (Lipinski definition) is 0. The third kappa shape index (κ3) is 5.56. The maximum Gasteiger partial charge on any atom is 0.313 e. The molecule has 1 aliphatic heterocycles. The fourth-order valence-electron chi connectivity index (χ4n) is 13.7. The van der Waals surface area contributed by atoms with Gasteiger partial charge in [-0.2, -0.15) is 5.26 Å². The van der Waals surface area contributed by atoms with Gasteiger partial charge in [-0.1, -0.05) is 96.5 Å². The number of nitrogens with zero attached hydrogens (tertiary/aromatic N) is 2. The zero-order valence-corrected chi connectivity index (χ0v) is 33.9. The van der Waals surface area contributed by atoms with Crippen molar-refractivity contribution < 1.29 is 19.1 Å². The zero-order valence-electron chi connectivity index (χ0n) is 33.9. The molecular weight excluding hydrogens is 669 g/mol. The van der Waals surface area contributed by atoms with E-state index in [1.165, 1.54) is 22.4 Å². The van der Waals surface area contributed by atoms with Crippen molar-refractivity contribution in [1.29, 1.82) is 5.26 Å². The normalized spacial score (nSPS) is 38.3. The first-order valence-electron chi connectivity index (χ1n) is 20.9. The van der Waals surface area contributed by atoms with Crippen LogP contribution in [-0.2, 0) is 25.7 Å². The van der Waals surface area contributed by atoms with Crippen LogP contribution in [0.15, 0.2) is 60.2 Å². The van der Waals surface area contributed by atoms with Crippen molar-refractivity contribution in [2.45, 2.75) is 113 Å². The Labute approximate surface area is 324 Å². The maximum atomic E-state index is 14.8. The van der Waals surface area contributed by atoms with E-state index in [-0.39, 0.29) is 45.2 Å².